The van der Waals surface area contributed by atoms with Crippen molar-refractivity contribution in [2.75, 3.05) is 26.2 Å². The van der Waals surface area contributed by atoms with Crippen LogP contribution in [0.3, 0.4) is 0 Å². The number of nitrogens with zero attached hydrogens (tertiary/aromatic N) is 2. The average Bonchev–Trinajstić information content (AvgIpc) is 2.66. The second-order valence-electron chi connectivity index (χ2n) is 7.57. The van der Waals surface area contributed by atoms with E-state index in [1.165, 1.54) is 0 Å². The number of ether oxygens (including phenoxy) is 1. The van der Waals surface area contributed by atoms with Gasteiger partial charge in [-0.25, -0.2) is 9.59 Å². The Morgan fingerprint density at radius 1 is 1.16 bits per heavy atom. The molecular formula is C19H28N2O4. The molecule has 0 aromatic rings. The summed E-state index contributed by atoms with van der Waals surface area (Å²) >= 11 is 0. The van der Waals surface area contributed by atoms with Crippen LogP contribution in [0.15, 0.2) is 35.1 Å². The predicted octanol–water partition coefficient (Wildman–Crippen LogP) is 3.03. The highest BCUT2D eigenvalue weighted by Gasteiger charge is 2.27. The van der Waals surface area contributed by atoms with Gasteiger partial charge in [0, 0.05) is 31.9 Å². The Kier molecular flexibility index (Phi) is 5.60. The molecule has 0 aromatic heterocycles. The van der Waals surface area contributed by atoms with Gasteiger partial charge in [-0.2, -0.15) is 0 Å². The molecule has 0 bridgehead atoms. The van der Waals surface area contributed by atoms with Gasteiger partial charge >= 0.3 is 12.1 Å². The molecule has 0 aromatic carbocycles. The number of rotatable bonds is 2. The summed E-state index contributed by atoms with van der Waals surface area (Å²) in [5, 5.41) is 9.24. The van der Waals surface area contributed by atoms with Crippen molar-refractivity contribution in [2.45, 2.75) is 40.2 Å². The van der Waals surface area contributed by atoms with Crippen molar-refractivity contribution >= 4 is 12.1 Å². The molecule has 0 saturated carbocycles. The van der Waals surface area contributed by atoms with Crippen LogP contribution >= 0.6 is 0 Å². The lowest BCUT2D eigenvalue weighted by molar-refractivity contribution is -0.132. The molecule has 25 heavy (non-hydrogen) atoms. The largest absolute Gasteiger partial charge is 0.478 e. The van der Waals surface area contributed by atoms with E-state index in [1.807, 2.05) is 40.7 Å². The Morgan fingerprint density at radius 2 is 1.76 bits per heavy atom. The molecule has 6 heteroatoms. The second-order valence-corrected chi connectivity index (χ2v) is 7.57. The van der Waals surface area contributed by atoms with Crippen molar-refractivity contribution in [1.29, 1.82) is 0 Å². The van der Waals surface area contributed by atoms with E-state index < -0.39 is 11.6 Å². The first-order valence-electron chi connectivity index (χ1n) is 8.65. The fourth-order valence-corrected chi connectivity index (χ4v) is 2.94. The van der Waals surface area contributed by atoms with Crippen LogP contribution in [0.25, 0.3) is 0 Å². The second kappa shape index (κ2) is 7.33. The first-order chi connectivity index (χ1) is 11.6. The number of aliphatic carboxylic acids is 1. The lowest BCUT2D eigenvalue weighted by Gasteiger charge is -2.38. The summed E-state index contributed by atoms with van der Waals surface area (Å²) in [7, 11) is 0. The Bertz CT molecular complexity index is 632. The summed E-state index contributed by atoms with van der Waals surface area (Å²) in [6, 6.07) is 0. The number of carbonyl (C=O) groups is 2. The molecule has 1 fully saturated rings. The number of hydrogen-bond acceptors (Lipinski definition) is 4. The van der Waals surface area contributed by atoms with Crippen LogP contribution in [0.2, 0.25) is 0 Å². The quantitative estimate of drug-likeness (QED) is 0.831. The van der Waals surface area contributed by atoms with Gasteiger partial charge < -0.3 is 19.6 Å². The number of carboxylic acid groups (broad SMARTS) is 1. The van der Waals surface area contributed by atoms with E-state index >= 15 is 0 Å². The van der Waals surface area contributed by atoms with Crippen molar-refractivity contribution in [3.05, 3.63) is 35.1 Å². The highest BCUT2D eigenvalue weighted by molar-refractivity contribution is 5.90. The number of amides is 1. The van der Waals surface area contributed by atoms with Crippen LogP contribution < -0.4 is 0 Å². The maximum Gasteiger partial charge on any atom is 0.410 e. The van der Waals surface area contributed by atoms with Crippen molar-refractivity contribution in [1.82, 2.24) is 9.80 Å². The lowest BCUT2D eigenvalue weighted by atomic mass is 9.99. The predicted molar refractivity (Wildman–Crippen MR) is 96.1 cm³/mol. The molecule has 2 rings (SSSR count). The summed E-state index contributed by atoms with van der Waals surface area (Å²) in [5.41, 5.74) is 2.00. The minimum absolute atomic E-state index is 0.0555. The van der Waals surface area contributed by atoms with Gasteiger partial charge in [0.15, 0.2) is 0 Å². The van der Waals surface area contributed by atoms with Gasteiger partial charge in [-0.3, -0.25) is 0 Å². The monoisotopic (exact) mass is 348 g/mol. The van der Waals surface area contributed by atoms with E-state index in [0.29, 0.717) is 31.8 Å². The van der Waals surface area contributed by atoms with E-state index in [1.54, 1.807) is 17.1 Å². The third-order valence-corrected chi connectivity index (χ3v) is 4.46. The van der Waals surface area contributed by atoms with Crippen LogP contribution in [0.5, 0.6) is 0 Å². The summed E-state index contributed by atoms with van der Waals surface area (Å²) in [6.45, 7) is 12.2. The lowest BCUT2D eigenvalue weighted by Crippen LogP contribution is -2.49. The normalized spacial score (nSPS) is 21.8. The zero-order valence-corrected chi connectivity index (χ0v) is 15.7. The zero-order chi connectivity index (χ0) is 18.8. The fraction of sp³-hybridized carbons (Fsp3) is 0.579. The van der Waals surface area contributed by atoms with Crippen LogP contribution in [0, 0.1) is 5.92 Å². The van der Waals surface area contributed by atoms with E-state index in [-0.39, 0.29) is 12.0 Å². The Hall–Kier alpha value is -2.24. The van der Waals surface area contributed by atoms with Gasteiger partial charge in [0.2, 0.25) is 0 Å². The molecule has 0 radical (unpaired) electrons. The van der Waals surface area contributed by atoms with Gasteiger partial charge in [0.25, 0.3) is 0 Å². The number of carbonyl (C=O) groups excluding carboxylic acids is 1. The van der Waals surface area contributed by atoms with Gasteiger partial charge in [-0.1, -0.05) is 13.0 Å². The molecular weight excluding hydrogens is 320 g/mol. The standard InChI is InChI=1S/C19H28N2O4/c1-13-12-15(17(22)23)6-7-16(14(13)2)20-8-10-21(11-9-20)18(24)25-19(3,4)5/h6-7,12-13H,8-11H2,1-5H3,(H,22,23). The Labute approximate surface area is 149 Å². The number of piperazine rings is 1. The van der Waals surface area contributed by atoms with E-state index in [0.717, 1.165) is 11.3 Å². The van der Waals surface area contributed by atoms with Gasteiger partial charge in [-0.15, -0.1) is 0 Å². The van der Waals surface area contributed by atoms with Crippen LogP contribution in [-0.4, -0.2) is 58.7 Å². The number of allylic oxidation sites excluding steroid dienone is 3. The highest BCUT2D eigenvalue weighted by atomic mass is 16.6. The maximum atomic E-state index is 12.2. The molecule has 6 nitrogen and oxygen atoms in total. The third kappa shape index (κ3) is 4.87. The van der Waals surface area contributed by atoms with Crippen molar-refractivity contribution < 1.29 is 19.4 Å². The molecule has 1 unspecified atom stereocenters. The average molecular weight is 348 g/mol. The summed E-state index contributed by atoms with van der Waals surface area (Å²) in [6.07, 6.45) is 5.03. The van der Waals surface area contributed by atoms with Crippen molar-refractivity contribution in [3.8, 4) is 0 Å². The molecule has 1 aliphatic carbocycles. The molecule has 2 aliphatic rings. The molecule has 1 aliphatic heterocycles. The molecule has 138 valence electrons. The Morgan fingerprint density at radius 3 is 2.28 bits per heavy atom. The smallest absolute Gasteiger partial charge is 0.410 e. The topological polar surface area (TPSA) is 70.1 Å². The van der Waals surface area contributed by atoms with Crippen LogP contribution in [-0.2, 0) is 9.53 Å². The van der Waals surface area contributed by atoms with E-state index in [9.17, 15) is 14.7 Å². The Balaban J connectivity index is 2.05. The van der Waals surface area contributed by atoms with Crippen LogP contribution in [0.1, 0.15) is 34.6 Å². The van der Waals surface area contributed by atoms with Gasteiger partial charge in [-0.05, 0) is 51.3 Å². The molecule has 1 saturated heterocycles. The minimum atomic E-state index is -0.910. The van der Waals surface area contributed by atoms with Gasteiger partial charge in [0.05, 0.1) is 5.57 Å². The van der Waals surface area contributed by atoms with Gasteiger partial charge in [0.1, 0.15) is 5.60 Å². The van der Waals surface area contributed by atoms with Crippen LogP contribution in [0.4, 0.5) is 4.79 Å². The minimum Gasteiger partial charge on any atom is -0.478 e. The van der Waals surface area contributed by atoms with E-state index in [2.05, 4.69) is 4.90 Å². The van der Waals surface area contributed by atoms with Crippen molar-refractivity contribution in [3.63, 3.8) is 0 Å². The van der Waals surface area contributed by atoms with Crippen molar-refractivity contribution in [2.24, 2.45) is 5.92 Å². The first-order valence-corrected chi connectivity index (χ1v) is 8.65. The summed E-state index contributed by atoms with van der Waals surface area (Å²) in [4.78, 5) is 27.4. The number of carboxylic acids is 1. The number of hydrogen-bond donors (Lipinski definition) is 1. The molecule has 1 heterocycles. The summed E-state index contributed by atoms with van der Waals surface area (Å²) < 4.78 is 5.43. The third-order valence-electron chi connectivity index (χ3n) is 4.46. The zero-order valence-electron chi connectivity index (χ0n) is 15.7. The summed E-state index contributed by atoms with van der Waals surface area (Å²) in [5.74, 6) is -0.855. The SMILES string of the molecule is CC1=C(N2CCN(C(=O)OC(C)(C)C)CC2)C=CC(C(=O)O)=CC1C. The highest BCUT2D eigenvalue weighted by Crippen LogP contribution is 2.26. The first kappa shape index (κ1) is 19.1. The molecule has 1 atom stereocenters. The molecule has 1 amide bonds. The molecule has 0 spiro atoms. The molecule has 1 N–H and O–H groups in total. The van der Waals surface area contributed by atoms with E-state index in [4.69, 9.17) is 4.74 Å². The maximum absolute atomic E-state index is 12.2. The fourth-order valence-electron chi connectivity index (χ4n) is 2.94.